The molecule has 1 aliphatic rings. The number of hydrogen-bond donors (Lipinski definition) is 0. The maximum Gasteiger partial charge on any atom is 0.338 e. The zero-order chi connectivity index (χ0) is 50.9. The normalized spacial score (nSPS) is 13.3. The number of hydrogen-bond acceptors (Lipinski definition) is 3. The van der Waals surface area contributed by atoms with Gasteiger partial charge in [-0.15, -0.1) is 0 Å². The smallest absolute Gasteiger partial charge is 0.317 e. The van der Waals surface area contributed by atoms with Crippen molar-refractivity contribution in [1.82, 2.24) is 22.8 Å². The van der Waals surface area contributed by atoms with E-state index in [1.165, 1.54) is 10.8 Å². The number of nitrogens with zero attached hydrogens (tertiary/aromatic N) is 6. The molecule has 10 aromatic carbocycles. The average Bonchev–Trinajstić information content (AvgIpc) is 4.15. The van der Waals surface area contributed by atoms with Gasteiger partial charge in [-0.2, -0.15) is 0 Å². The number of rotatable bonds is 8. The van der Waals surface area contributed by atoms with E-state index < -0.39 is 0 Å². The van der Waals surface area contributed by atoms with Crippen molar-refractivity contribution >= 4 is 60.8 Å². The molecule has 0 saturated heterocycles. The van der Waals surface area contributed by atoms with Gasteiger partial charge < -0.3 is 9.47 Å². The lowest BCUT2D eigenvalue weighted by molar-refractivity contribution is 0.930. The van der Waals surface area contributed by atoms with Crippen molar-refractivity contribution in [3.05, 3.63) is 300 Å². The molecule has 0 amide bonds. The summed E-state index contributed by atoms with van der Waals surface area (Å²) >= 11 is 0. The number of benzene rings is 10. The van der Waals surface area contributed by atoms with Crippen LogP contribution in [0.15, 0.2) is 283 Å². The third-order valence-electron chi connectivity index (χ3n) is 14.8. The van der Waals surface area contributed by atoms with Crippen LogP contribution in [0.3, 0.4) is 0 Å². The highest BCUT2D eigenvalue weighted by Crippen LogP contribution is 2.36. The van der Waals surface area contributed by atoms with E-state index in [1.807, 2.05) is 134 Å². The van der Waals surface area contributed by atoms with Crippen molar-refractivity contribution in [3.8, 4) is 50.7 Å². The van der Waals surface area contributed by atoms with E-state index in [0.717, 1.165) is 106 Å². The molecule has 4 heterocycles. The third kappa shape index (κ3) is 7.22. The predicted molar refractivity (Wildman–Crippen MR) is 312 cm³/mol. The van der Waals surface area contributed by atoms with Crippen LogP contribution < -0.4 is 16.3 Å². The lowest BCUT2D eigenvalue weighted by Crippen LogP contribution is -2.22. The summed E-state index contributed by atoms with van der Waals surface area (Å²) in [5, 5.41) is 2.41. The molecule has 360 valence electrons. The van der Waals surface area contributed by atoms with Crippen molar-refractivity contribution < 1.29 is 0 Å². The third-order valence-corrected chi connectivity index (χ3v) is 14.8. The Hall–Kier alpha value is -10.4. The van der Waals surface area contributed by atoms with Gasteiger partial charge in [0.05, 0.1) is 61.5 Å². The Morgan fingerprint density at radius 3 is 1.13 bits per heavy atom. The average molecular weight is 979 g/mol. The van der Waals surface area contributed by atoms with E-state index >= 15 is 0 Å². The van der Waals surface area contributed by atoms with Crippen LogP contribution in [0.4, 0.5) is 11.4 Å². The van der Waals surface area contributed by atoms with Crippen LogP contribution in [0.5, 0.6) is 0 Å². The molecule has 0 atom stereocenters. The minimum Gasteiger partial charge on any atom is -0.317 e. The van der Waals surface area contributed by atoms with Gasteiger partial charge in [-0.1, -0.05) is 140 Å². The number of allylic oxidation sites excluding steroid dienone is 4. The Morgan fingerprint density at radius 2 is 0.671 bits per heavy atom. The molecule has 8 nitrogen and oxygen atoms in total. The zero-order valence-electron chi connectivity index (χ0n) is 41.1. The molecule has 76 heavy (non-hydrogen) atoms. The lowest BCUT2D eigenvalue weighted by Gasteiger charge is -2.25. The Bertz CT molecular complexity index is 4570. The molecule has 0 spiro atoms. The van der Waals surface area contributed by atoms with Gasteiger partial charge in [0.1, 0.15) is 0 Å². The number of para-hydroxylation sites is 7. The summed E-state index contributed by atoms with van der Waals surface area (Å²) in [6, 6.07) is 82.3. The molecule has 0 unspecified atom stereocenters. The Morgan fingerprint density at radius 1 is 0.303 bits per heavy atom. The standard InChI is InChI=1S/C68H46N6O2/c1-46-15-12-13-44-69(60-21-5-2-18-57(46)60)51-36-38-55(39-37-51)73-65-26-10-8-24-63(65)71(67(73)75)53-32-28-47(29-33-53)49-16-14-17-50(45-49)48-30-34-54(35-31-48)72-64-25-9-11-27-66(64)74(68(72)76)56-42-40-52(41-43-56)70-61-22-6-3-19-58(61)59-20-4-7-23-62(59)70/h2-45H,1H2/b15-12-,44-13-. The van der Waals surface area contributed by atoms with Gasteiger partial charge in [0.15, 0.2) is 0 Å². The minimum atomic E-state index is -0.151. The highest BCUT2D eigenvalue weighted by Gasteiger charge is 2.20. The fourth-order valence-corrected chi connectivity index (χ4v) is 11.2. The molecule has 8 heteroatoms. The Balaban J connectivity index is 0.739. The van der Waals surface area contributed by atoms with E-state index in [9.17, 15) is 9.59 Å². The minimum absolute atomic E-state index is 0.140. The fraction of sp³-hybridized carbons (Fsp3) is 0. The maximum atomic E-state index is 14.6. The van der Waals surface area contributed by atoms with E-state index in [4.69, 9.17) is 0 Å². The van der Waals surface area contributed by atoms with Crippen LogP contribution in [0.2, 0.25) is 0 Å². The second-order valence-electron chi connectivity index (χ2n) is 19.1. The molecule has 0 radical (unpaired) electrons. The predicted octanol–water partition coefficient (Wildman–Crippen LogP) is 15.5. The first-order chi connectivity index (χ1) is 37.5. The van der Waals surface area contributed by atoms with Crippen molar-refractivity contribution in [3.63, 3.8) is 0 Å². The van der Waals surface area contributed by atoms with Crippen molar-refractivity contribution in [2.45, 2.75) is 0 Å². The number of aromatic nitrogens is 5. The largest absolute Gasteiger partial charge is 0.338 e. The quantitative estimate of drug-likeness (QED) is 0.152. The van der Waals surface area contributed by atoms with Crippen LogP contribution >= 0.6 is 0 Å². The number of imidazole rings is 2. The summed E-state index contributed by atoms with van der Waals surface area (Å²) in [7, 11) is 0. The molecule has 0 saturated carbocycles. The number of fused-ring (bicyclic) bond motifs is 6. The first-order valence-electron chi connectivity index (χ1n) is 25.4. The summed E-state index contributed by atoms with van der Waals surface area (Å²) in [6.07, 6.45) is 8.08. The van der Waals surface area contributed by atoms with Gasteiger partial charge in [-0.3, -0.25) is 18.3 Å². The summed E-state index contributed by atoms with van der Waals surface area (Å²) in [4.78, 5) is 31.3. The first-order valence-corrected chi connectivity index (χ1v) is 25.4. The second-order valence-corrected chi connectivity index (χ2v) is 19.1. The summed E-state index contributed by atoms with van der Waals surface area (Å²) in [5.74, 6) is 0. The van der Waals surface area contributed by atoms with Gasteiger partial charge in [0.25, 0.3) is 0 Å². The fourth-order valence-electron chi connectivity index (χ4n) is 11.2. The summed E-state index contributed by atoms with van der Waals surface area (Å²) in [5.41, 5.74) is 17.6. The molecule has 13 aromatic rings. The maximum absolute atomic E-state index is 14.6. The van der Waals surface area contributed by atoms with Crippen molar-refractivity contribution in [2.24, 2.45) is 0 Å². The first kappa shape index (κ1) is 44.3. The lowest BCUT2D eigenvalue weighted by atomic mass is 9.99. The molecular formula is C68H46N6O2. The molecule has 0 N–H and O–H groups in total. The van der Waals surface area contributed by atoms with Crippen molar-refractivity contribution in [2.75, 3.05) is 4.90 Å². The van der Waals surface area contributed by atoms with E-state index in [-0.39, 0.29) is 11.4 Å². The Kier molecular flexibility index (Phi) is 10.5. The molecule has 0 bridgehead atoms. The molecule has 14 rings (SSSR count). The van der Waals surface area contributed by atoms with Crippen molar-refractivity contribution in [1.29, 1.82) is 0 Å². The van der Waals surface area contributed by atoms with Crippen LogP contribution in [0.1, 0.15) is 5.56 Å². The number of anilines is 2. The SMILES string of the molecule is C=C1/C=C\C=C/N(c2ccc(-n3c(=O)n(-c4ccc(-c5cccc(-c6ccc(-n7c(=O)n(-c8ccc(-n9c%10ccccc%10c%10ccccc%109)cc8)c8ccccc87)cc6)c5)cc4)c4ccccc43)cc2)c2ccccc21. The van der Waals surface area contributed by atoms with Gasteiger partial charge in [-0.25, -0.2) is 9.59 Å². The van der Waals surface area contributed by atoms with Gasteiger partial charge in [0, 0.05) is 33.9 Å². The van der Waals surface area contributed by atoms with Crippen LogP contribution in [0, 0.1) is 0 Å². The highest BCUT2D eigenvalue weighted by molar-refractivity contribution is 6.09. The van der Waals surface area contributed by atoms with Gasteiger partial charge in [-0.05, 0) is 155 Å². The molecule has 1 aliphatic heterocycles. The molecule has 0 aliphatic carbocycles. The monoisotopic (exact) mass is 978 g/mol. The van der Waals surface area contributed by atoms with Crippen LogP contribution in [-0.2, 0) is 0 Å². The second kappa shape index (κ2) is 17.9. The molecule has 3 aromatic heterocycles. The van der Waals surface area contributed by atoms with Gasteiger partial charge >= 0.3 is 11.4 Å². The molecule has 0 fully saturated rings. The van der Waals surface area contributed by atoms with E-state index in [1.54, 1.807) is 18.3 Å². The highest BCUT2D eigenvalue weighted by atomic mass is 16.2. The zero-order valence-corrected chi connectivity index (χ0v) is 41.1. The van der Waals surface area contributed by atoms with Crippen LogP contribution in [0.25, 0.3) is 100 Å². The van der Waals surface area contributed by atoms with E-state index in [0.29, 0.717) is 0 Å². The van der Waals surface area contributed by atoms with E-state index in [2.05, 4.69) is 150 Å². The van der Waals surface area contributed by atoms with Crippen LogP contribution in [-0.4, -0.2) is 22.8 Å². The summed E-state index contributed by atoms with van der Waals surface area (Å²) in [6.45, 7) is 4.28. The molecular weight excluding hydrogens is 933 g/mol. The Labute approximate surface area is 437 Å². The van der Waals surface area contributed by atoms with Gasteiger partial charge in [0.2, 0.25) is 0 Å². The summed E-state index contributed by atoms with van der Waals surface area (Å²) < 4.78 is 9.44. The topological polar surface area (TPSA) is 62.0 Å².